The van der Waals surface area contributed by atoms with Crippen molar-refractivity contribution in [1.29, 1.82) is 0 Å². The lowest BCUT2D eigenvalue weighted by molar-refractivity contribution is -0.161. The van der Waals surface area contributed by atoms with Crippen LogP contribution in [0.2, 0.25) is 0 Å². The largest absolute Gasteiger partial charge is 0.472 e. The number of hydrogen-bond donors (Lipinski definition) is 4. The second-order valence-corrected chi connectivity index (χ2v) is 32.5. The lowest BCUT2D eigenvalue weighted by Gasteiger charge is -2.21. The van der Waals surface area contributed by atoms with Crippen LogP contribution >= 0.6 is 15.6 Å². The van der Waals surface area contributed by atoms with E-state index >= 15 is 0 Å². The highest BCUT2D eigenvalue weighted by Gasteiger charge is 2.29. The van der Waals surface area contributed by atoms with Gasteiger partial charge in [-0.15, -0.1) is 0 Å². The molecule has 5 unspecified atom stereocenters. The standard InChI is InChI=1S/C97H162O16P2/c1-4-7-10-13-16-19-22-25-28-31-34-36-38-40-42-44-45-47-49-50-52-54-57-59-62-65-68-71-74-77-80-83-95(100)107-86-92(98)87-109-114(103,104)110-88-93(99)89-111-115(105,106)112-91-94(113-97(102)85-82-79-76-73-70-67-64-61-56-33-30-27-24-21-18-15-12-9-6-3)90-108-96(101)84-81-78-75-72-69-66-63-60-58-55-53-51-48-46-43-41-39-37-35-32-29-26-23-20-17-14-11-8-5-2/h7-8,10-11,16-21,25-30,34-37,40-43,45,47-48,51,56,61,92-94,98-99H,4-6,9,12-15,22-24,31-33,38-39,44,46,49-50,52-55,57-60,62-91H2,1-3H3,(H,103,104)(H,105,106)/b10-7-,11-8-,19-16-,20-17-,21-18-,28-25-,29-26-,30-27-,36-34-,37-35-,42-40-,43-41-,47-45-,51-48-,61-56-. The van der Waals surface area contributed by atoms with Gasteiger partial charge in [0.15, 0.2) is 6.10 Å². The lowest BCUT2D eigenvalue weighted by atomic mass is 10.0. The Morgan fingerprint density at radius 2 is 0.461 bits per heavy atom. The molecule has 0 aromatic heterocycles. The Morgan fingerprint density at radius 3 is 0.730 bits per heavy atom. The summed E-state index contributed by atoms with van der Waals surface area (Å²) >= 11 is 0. The van der Waals surface area contributed by atoms with Gasteiger partial charge >= 0.3 is 33.6 Å². The molecule has 0 aliphatic heterocycles. The number of phosphoric acid groups is 2. The van der Waals surface area contributed by atoms with Crippen LogP contribution in [0, 0.1) is 0 Å². The van der Waals surface area contributed by atoms with E-state index in [-0.39, 0.29) is 19.3 Å². The predicted molar refractivity (Wildman–Crippen MR) is 481 cm³/mol. The summed E-state index contributed by atoms with van der Waals surface area (Å²) in [5.74, 6) is -1.59. The van der Waals surface area contributed by atoms with Crippen molar-refractivity contribution in [3.8, 4) is 0 Å². The third kappa shape index (κ3) is 89.3. The Hall–Kier alpha value is -5.35. The van der Waals surface area contributed by atoms with Crippen LogP contribution in [0.1, 0.15) is 355 Å². The summed E-state index contributed by atoms with van der Waals surface area (Å²) in [5, 5.41) is 20.7. The maximum atomic E-state index is 13.0. The van der Waals surface area contributed by atoms with Gasteiger partial charge in [-0.2, -0.15) is 0 Å². The molecule has 0 aromatic carbocycles. The van der Waals surface area contributed by atoms with Crippen molar-refractivity contribution < 1.29 is 75.8 Å². The zero-order valence-corrected chi connectivity index (χ0v) is 73.9. The highest BCUT2D eigenvalue weighted by molar-refractivity contribution is 7.47. The zero-order chi connectivity index (χ0) is 83.6. The van der Waals surface area contributed by atoms with E-state index in [4.69, 9.17) is 32.3 Å². The number of hydrogen-bond acceptors (Lipinski definition) is 14. The van der Waals surface area contributed by atoms with Crippen molar-refractivity contribution in [2.75, 3.05) is 39.6 Å². The van der Waals surface area contributed by atoms with Gasteiger partial charge < -0.3 is 34.2 Å². The van der Waals surface area contributed by atoms with Crippen LogP contribution < -0.4 is 0 Å². The first-order valence-electron chi connectivity index (χ1n) is 45.1. The Bertz CT molecular complexity index is 2820. The lowest BCUT2D eigenvalue weighted by Crippen LogP contribution is -2.30. The fourth-order valence-electron chi connectivity index (χ4n) is 11.8. The van der Waals surface area contributed by atoms with E-state index in [2.05, 4.69) is 203 Å². The number of unbranched alkanes of at least 4 members (excludes halogenated alkanes) is 31. The van der Waals surface area contributed by atoms with Crippen molar-refractivity contribution >= 4 is 33.6 Å². The first-order chi connectivity index (χ1) is 56.2. The highest BCUT2D eigenvalue weighted by Crippen LogP contribution is 2.45. The van der Waals surface area contributed by atoms with Crippen LogP contribution in [0.4, 0.5) is 0 Å². The van der Waals surface area contributed by atoms with Gasteiger partial charge in [-0.3, -0.25) is 32.5 Å². The molecule has 4 N–H and O–H groups in total. The second kappa shape index (κ2) is 87.9. The molecule has 0 radical (unpaired) electrons. The molecule has 16 nitrogen and oxygen atoms in total. The van der Waals surface area contributed by atoms with E-state index in [9.17, 15) is 43.5 Å². The van der Waals surface area contributed by atoms with Crippen molar-refractivity contribution in [1.82, 2.24) is 0 Å². The first kappa shape index (κ1) is 110. The molecule has 656 valence electrons. The summed E-state index contributed by atoms with van der Waals surface area (Å²) in [6.45, 7) is 2.43. The summed E-state index contributed by atoms with van der Waals surface area (Å²) in [6.07, 6.45) is 115. The Morgan fingerprint density at radius 1 is 0.252 bits per heavy atom. The molecule has 0 amide bonds. The SMILES string of the molecule is CC/C=C\C/C=C\C/C=C\C/C=C\C/C=C\C/C=C\CCCCCCCCCCCCCCC(=O)OCC(O)COP(=O)(O)OCC(O)COP(=O)(O)OCC(COC(=O)CCCCCCCCCCCC/C=C\C/C=C\C/C=C\C/C=C\C/C=C\C/C=C\CC)OC(=O)CCCCCCCC/C=C\C/C=C\C/C=C\CCCCC. The van der Waals surface area contributed by atoms with Crippen molar-refractivity contribution in [2.24, 2.45) is 0 Å². The summed E-state index contributed by atoms with van der Waals surface area (Å²) in [5.41, 5.74) is 0. The average Bonchev–Trinajstić information content (AvgIpc) is 0.896. The molecule has 0 fully saturated rings. The van der Waals surface area contributed by atoms with Crippen LogP contribution in [0.15, 0.2) is 182 Å². The van der Waals surface area contributed by atoms with E-state index < -0.39 is 91.5 Å². The molecule has 0 aromatic rings. The number of aliphatic hydroxyl groups is 2. The van der Waals surface area contributed by atoms with Gasteiger partial charge in [-0.25, -0.2) is 9.13 Å². The topological polar surface area (TPSA) is 231 Å². The molecule has 0 bridgehead atoms. The second-order valence-electron chi connectivity index (χ2n) is 29.6. The molecule has 0 spiro atoms. The first-order valence-corrected chi connectivity index (χ1v) is 48.1. The fourth-order valence-corrected chi connectivity index (χ4v) is 13.4. The van der Waals surface area contributed by atoms with Gasteiger partial charge in [-0.05, 0) is 161 Å². The van der Waals surface area contributed by atoms with Crippen molar-refractivity contribution in [2.45, 2.75) is 373 Å². The summed E-state index contributed by atoms with van der Waals surface area (Å²) in [7, 11) is -9.82. The summed E-state index contributed by atoms with van der Waals surface area (Å²) in [4.78, 5) is 59.0. The number of ether oxygens (including phenoxy) is 3. The van der Waals surface area contributed by atoms with E-state index in [0.29, 0.717) is 19.3 Å². The molecule has 0 heterocycles. The number of esters is 3. The Kier molecular flexibility index (Phi) is 83.9. The molecule has 0 saturated heterocycles. The van der Waals surface area contributed by atoms with Gasteiger partial charge in [0.1, 0.15) is 25.4 Å². The number of carbonyl (C=O) groups excluding carboxylic acids is 3. The predicted octanol–water partition coefficient (Wildman–Crippen LogP) is 27.7. The fraction of sp³-hybridized carbons (Fsp3) is 0.660. The highest BCUT2D eigenvalue weighted by atomic mass is 31.2. The minimum atomic E-state index is -4.95. The van der Waals surface area contributed by atoms with E-state index in [1.165, 1.54) is 103 Å². The molecular formula is C97H162O16P2. The smallest absolute Gasteiger partial charge is 0.463 e. The summed E-state index contributed by atoms with van der Waals surface area (Å²) < 4.78 is 61.4. The quantitative estimate of drug-likeness (QED) is 0.0146. The maximum Gasteiger partial charge on any atom is 0.472 e. The number of allylic oxidation sites excluding steroid dienone is 30. The van der Waals surface area contributed by atoms with Gasteiger partial charge in [0.05, 0.1) is 26.4 Å². The minimum Gasteiger partial charge on any atom is -0.463 e. The van der Waals surface area contributed by atoms with Crippen molar-refractivity contribution in [3.05, 3.63) is 182 Å². The molecule has 0 rings (SSSR count). The van der Waals surface area contributed by atoms with Crippen LogP contribution in [0.25, 0.3) is 0 Å². The van der Waals surface area contributed by atoms with Crippen LogP contribution in [0.5, 0.6) is 0 Å². The van der Waals surface area contributed by atoms with Gasteiger partial charge in [0, 0.05) is 19.3 Å². The molecule has 115 heavy (non-hydrogen) atoms. The molecule has 0 aliphatic rings. The number of rotatable bonds is 84. The van der Waals surface area contributed by atoms with Crippen LogP contribution in [-0.4, -0.2) is 95.9 Å². The third-order valence-corrected chi connectivity index (χ3v) is 20.5. The van der Waals surface area contributed by atoms with E-state index in [1.807, 2.05) is 0 Å². The number of phosphoric ester groups is 2. The molecular weight excluding hydrogens is 1480 g/mol. The third-order valence-electron chi connectivity index (χ3n) is 18.6. The molecule has 18 heteroatoms. The molecule has 5 atom stereocenters. The Labute approximate surface area is 700 Å². The maximum absolute atomic E-state index is 13.0. The van der Waals surface area contributed by atoms with Crippen LogP contribution in [-0.2, 0) is 55.8 Å². The van der Waals surface area contributed by atoms with E-state index in [1.54, 1.807) is 0 Å². The minimum absolute atomic E-state index is 0.0843. The summed E-state index contributed by atoms with van der Waals surface area (Å²) in [6, 6.07) is 0. The zero-order valence-electron chi connectivity index (χ0n) is 72.1. The molecule has 0 aliphatic carbocycles. The number of aliphatic hydroxyl groups excluding tert-OH is 2. The van der Waals surface area contributed by atoms with Crippen LogP contribution in [0.3, 0.4) is 0 Å². The van der Waals surface area contributed by atoms with Gasteiger partial charge in [0.2, 0.25) is 0 Å². The van der Waals surface area contributed by atoms with Crippen molar-refractivity contribution in [3.63, 3.8) is 0 Å². The van der Waals surface area contributed by atoms with Gasteiger partial charge in [-0.1, -0.05) is 357 Å². The normalized spacial score (nSPS) is 14.7. The Balaban J connectivity index is 4.60. The monoisotopic (exact) mass is 1650 g/mol. The van der Waals surface area contributed by atoms with E-state index in [0.717, 1.165) is 193 Å². The number of carbonyl (C=O) groups is 3. The average molecular weight is 1650 g/mol. The van der Waals surface area contributed by atoms with Gasteiger partial charge in [0.25, 0.3) is 0 Å². The molecule has 0 saturated carbocycles.